The molecule has 160 valence electrons. The molecule has 0 amide bonds. The van der Waals surface area contributed by atoms with E-state index in [1.807, 2.05) is 35.2 Å². The maximum Gasteiger partial charge on any atom is 0.195 e. The van der Waals surface area contributed by atoms with Gasteiger partial charge in [-0.3, -0.25) is 4.99 Å². The average Bonchev–Trinajstić information content (AvgIpc) is 3.02. The van der Waals surface area contributed by atoms with Crippen molar-refractivity contribution >= 4 is 17.3 Å². The van der Waals surface area contributed by atoms with Gasteiger partial charge in [-0.2, -0.15) is 0 Å². The highest BCUT2D eigenvalue weighted by Crippen LogP contribution is 2.32. The molecule has 2 aliphatic heterocycles. The number of benzene rings is 2. The molecule has 0 saturated carbocycles. The number of nitrogens with one attached hydrogen (secondary N) is 2. The molecule has 4 rings (SSSR count). The predicted octanol–water partition coefficient (Wildman–Crippen LogP) is 3.01. The molecular formula is C22H27FN4O3. The SMILES string of the molecule is CN=C(NCc1ccc(N2CCOCC2)c(F)c1)Nc1ccc2c(c1)OCCCO2. The van der Waals surface area contributed by atoms with Crippen LogP contribution < -0.4 is 25.0 Å². The molecule has 2 heterocycles. The zero-order valence-corrected chi connectivity index (χ0v) is 17.1. The van der Waals surface area contributed by atoms with Crippen molar-refractivity contribution in [1.82, 2.24) is 5.32 Å². The van der Waals surface area contributed by atoms with Gasteiger partial charge < -0.3 is 29.7 Å². The van der Waals surface area contributed by atoms with E-state index in [0.29, 0.717) is 63.5 Å². The molecule has 7 nitrogen and oxygen atoms in total. The molecule has 0 spiro atoms. The Morgan fingerprint density at radius 2 is 1.83 bits per heavy atom. The van der Waals surface area contributed by atoms with Gasteiger partial charge in [0.1, 0.15) is 5.82 Å². The van der Waals surface area contributed by atoms with Crippen molar-refractivity contribution in [2.24, 2.45) is 4.99 Å². The average molecular weight is 414 g/mol. The third-order valence-corrected chi connectivity index (χ3v) is 5.06. The van der Waals surface area contributed by atoms with E-state index in [4.69, 9.17) is 14.2 Å². The van der Waals surface area contributed by atoms with E-state index in [2.05, 4.69) is 15.6 Å². The first kappa shape index (κ1) is 20.3. The lowest BCUT2D eigenvalue weighted by Gasteiger charge is -2.29. The molecule has 8 heteroatoms. The van der Waals surface area contributed by atoms with Crippen LogP contribution in [0.15, 0.2) is 41.4 Å². The van der Waals surface area contributed by atoms with Crippen molar-refractivity contribution in [3.05, 3.63) is 47.8 Å². The van der Waals surface area contributed by atoms with Crippen LogP contribution in [0.25, 0.3) is 0 Å². The highest BCUT2D eigenvalue weighted by atomic mass is 19.1. The number of morpholine rings is 1. The molecule has 1 saturated heterocycles. The zero-order valence-electron chi connectivity index (χ0n) is 17.1. The van der Waals surface area contributed by atoms with Crippen LogP contribution in [0.1, 0.15) is 12.0 Å². The smallest absolute Gasteiger partial charge is 0.195 e. The lowest BCUT2D eigenvalue weighted by Crippen LogP contribution is -2.36. The Morgan fingerprint density at radius 3 is 2.60 bits per heavy atom. The van der Waals surface area contributed by atoms with Crippen molar-refractivity contribution in [3.63, 3.8) is 0 Å². The summed E-state index contributed by atoms with van der Waals surface area (Å²) in [5.41, 5.74) is 2.30. The molecule has 0 atom stereocenters. The van der Waals surface area contributed by atoms with Crippen molar-refractivity contribution in [2.45, 2.75) is 13.0 Å². The number of guanidine groups is 1. The maximum atomic E-state index is 14.6. The van der Waals surface area contributed by atoms with Gasteiger partial charge in [0.05, 0.1) is 32.1 Å². The topological polar surface area (TPSA) is 67.4 Å². The van der Waals surface area contributed by atoms with Crippen LogP contribution in [0.2, 0.25) is 0 Å². The van der Waals surface area contributed by atoms with Gasteiger partial charge in [0.2, 0.25) is 0 Å². The van der Waals surface area contributed by atoms with Crippen LogP contribution in [0.5, 0.6) is 11.5 Å². The lowest BCUT2D eigenvalue weighted by atomic mass is 10.1. The van der Waals surface area contributed by atoms with Gasteiger partial charge in [-0.15, -0.1) is 0 Å². The summed E-state index contributed by atoms with van der Waals surface area (Å²) in [5, 5.41) is 6.45. The number of fused-ring (bicyclic) bond motifs is 1. The number of nitrogens with zero attached hydrogens (tertiary/aromatic N) is 2. The Morgan fingerprint density at radius 1 is 1.03 bits per heavy atom. The van der Waals surface area contributed by atoms with Crippen LogP contribution in [0, 0.1) is 5.82 Å². The number of hydrogen-bond acceptors (Lipinski definition) is 5. The molecule has 0 unspecified atom stereocenters. The fraction of sp³-hybridized carbons (Fsp3) is 0.409. The lowest BCUT2D eigenvalue weighted by molar-refractivity contribution is 0.122. The van der Waals surface area contributed by atoms with E-state index in [9.17, 15) is 4.39 Å². The minimum absolute atomic E-state index is 0.220. The maximum absolute atomic E-state index is 14.6. The summed E-state index contributed by atoms with van der Waals surface area (Å²) in [5.74, 6) is 1.83. The van der Waals surface area contributed by atoms with Gasteiger partial charge in [0.25, 0.3) is 0 Å². The fourth-order valence-electron chi connectivity index (χ4n) is 3.46. The second-order valence-corrected chi connectivity index (χ2v) is 7.15. The molecule has 2 aromatic rings. The molecule has 30 heavy (non-hydrogen) atoms. The van der Waals surface area contributed by atoms with Crippen LogP contribution in [-0.4, -0.2) is 52.5 Å². The first-order valence-electron chi connectivity index (χ1n) is 10.2. The summed E-state index contributed by atoms with van der Waals surface area (Å²) >= 11 is 0. The van der Waals surface area contributed by atoms with E-state index in [0.717, 1.165) is 23.4 Å². The van der Waals surface area contributed by atoms with E-state index < -0.39 is 0 Å². The van der Waals surface area contributed by atoms with Gasteiger partial charge in [0, 0.05) is 44.9 Å². The van der Waals surface area contributed by atoms with Gasteiger partial charge >= 0.3 is 0 Å². The van der Waals surface area contributed by atoms with E-state index in [1.165, 1.54) is 0 Å². The number of hydrogen-bond donors (Lipinski definition) is 2. The Balaban J connectivity index is 1.36. The van der Waals surface area contributed by atoms with Crippen LogP contribution in [0.3, 0.4) is 0 Å². The third kappa shape index (κ3) is 4.94. The van der Waals surface area contributed by atoms with E-state index in [-0.39, 0.29) is 5.82 Å². The predicted molar refractivity (Wildman–Crippen MR) is 115 cm³/mol. The number of halogens is 1. The van der Waals surface area contributed by atoms with Gasteiger partial charge in [-0.1, -0.05) is 6.07 Å². The Labute approximate surface area is 175 Å². The molecule has 2 N–H and O–H groups in total. The van der Waals surface area contributed by atoms with E-state index >= 15 is 0 Å². The normalized spacial score (nSPS) is 16.7. The minimum Gasteiger partial charge on any atom is -0.490 e. The summed E-state index contributed by atoms with van der Waals surface area (Å²) in [7, 11) is 1.69. The Kier molecular flexibility index (Phi) is 6.53. The first-order chi connectivity index (χ1) is 14.7. The van der Waals surface area contributed by atoms with Crippen molar-refractivity contribution in [2.75, 3.05) is 56.8 Å². The quantitative estimate of drug-likeness (QED) is 0.592. The molecule has 0 bridgehead atoms. The molecule has 0 aliphatic carbocycles. The second kappa shape index (κ2) is 9.67. The van der Waals surface area contributed by atoms with Crippen LogP contribution in [-0.2, 0) is 11.3 Å². The zero-order chi connectivity index (χ0) is 20.8. The van der Waals surface area contributed by atoms with Crippen LogP contribution >= 0.6 is 0 Å². The standard InChI is InChI=1S/C22H27FN4O3/c1-24-22(26-17-4-6-20-21(14-17)30-10-2-9-29-20)25-15-16-3-5-19(18(23)13-16)27-7-11-28-12-8-27/h3-6,13-14H,2,7-12,15H2,1H3,(H2,24,25,26). The molecule has 0 aromatic heterocycles. The van der Waals surface area contributed by atoms with Gasteiger partial charge in [0.15, 0.2) is 17.5 Å². The number of rotatable bonds is 4. The summed E-state index contributed by atoms with van der Waals surface area (Å²) < 4.78 is 31.3. The summed E-state index contributed by atoms with van der Waals surface area (Å²) in [6.07, 6.45) is 0.863. The monoisotopic (exact) mass is 414 g/mol. The third-order valence-electron chi connectivity index (χ3n) is 5.06. The Hall–Kier alpha value is -3.00. The van der Waals surface area contributed by atoms with Crippen LogP contribution in [0.4, 0.5) is 15.8 Å². The van der Waals surface area contributed by atoms with Gasteiger partial charge in [-0.05, 0) is 29.8 Å². The number of ether oxygens (including phenoxy) is 3. The van der Waals surface area contributed by atoms with Gasteiger partial charge in [-0.25, -0.2) is 4.39 Å². The summed E-state index contributed by atoms with van der Waals surface area (Å²) in [4.78, 5) is 6.26. The highest BCUT2D eigenvalue weighted by molar-refractivity contribution is 5.93. The largest absolute Gasteiger partial charge is 0.490 e. The van der Waals surface area contributed by atoms with Crippen molar-refractivity contribution in [1.29, 1.82) is 0 Å². The molecular weight excluding hydrogens is 387 g/mol. The summed E-state index contributed by atoms with van der Waals surface area (Å²) in [6, 6.07) is 11.0. The summed E-state index contributed by atoms with van der Waals surface area (Å²) in [6.45, 7) is 4.42. The highest BCUT2D eigenvalue weighted by Gasteiger charge is 2.15. The molecule has 2 aromatic carbocycles. The second-order valence-electron chi connectivity index (χ2n) is 7.15. The molecule has 1 fully saturated rings. The molecule has 2 aliphatic rings. The van der Waals surface area contributed by atoms with Crippen molar-refractivity contribution < 1.29 is 18.6 Å². The number of aliphatic imine (C=N–C) groups is 1. The number of anilines is 2. The van der Waals surface area contributed by atoms with Crippen molar-refractivity contribution in [3.8, 4) is 11.5 Å². The van der Waals surface area contributed by atoms with E-state index in [1.54, 1.807) is 13.1 Å². The minimum atomic E-state index is -0.220. The fourth-order valence-corrected chi connectivity index (χ4v) is 3.46. The Bertz CT molecular complexity index is 900. The first-order valence-corrected chi connectivity index (χ1v) is 10.2. The molecule has 0 radical (unpaired) electrons.